The van der Waals surface area contributed by atoms with E-state index in [9.17, 15) is 0 Å². The molecule has 1 heterocycles. The average molecular weight is 238 g/mol. The molecule has 0 bridgehead atoms. The number of nitrogens with zero attached hydrogens (tertiary/aromatic N) is 1. The maximum absolute atomic E-state index is 6.25. The maximum atomic E-state index is 6.25. The van der Waals surface area contributed by atoms with Gasteiger partial charge in [-0.25, -0.2) is 0 Å². The molecule has 0 aromatic rings. The first-order valence-electron chi connectivity index (χ1n) is 7.49. The van der Waals surface area contributed by atoms with Gasteiger partial charge in [-0.2, -0.15) is 0 Å². The lowest BCUT2D eigenvalue weighted by Gasteiger charge is -2.23. The van der Waals surface area contributed by atoms with Gasteiger partial charge in [0.25, 0.3) is 0 Å². The van der Waals surface area contributed by atoms with Crippen molar-refractivity contribution >= 4 is 0 Å². The number of piperidine rings is 1. The van der Waals surface area contributed by atoms with Gasteiger partial charge in [-0.1, -0.05) is 39.0 Å². The predicted molar refractivity (Wildman–Crippen MR) is 72.4 cm³/mol. The van der Waals surface area contributed by atoms with Gasteiger partial charge in [0.1, 0.15) is 0 Å². The van der Waals surface area contributed by atoms with Crippen LogP contribution in [0.1, 0.15) is 71.1 Å². The minimum Gasteiger partial charge on any atom is -0.512 e. The molecule has 1 fully saturated rings. The van der Waals surface area contributed by atoms with Crippen LogP contribution in [0.2, 0.25) is 0 Å². The van der Waals surface area contributed by atoms with Gasteiger partial charge in [0.15, 0.2) is 0 Å². The summed E-state index contributed by atoms with van der Waals surface area (Å²) in [6, 6.07) is 0. The molecule has 0 saturated carbocycles. The van der Waals surface area contributed by atoms with Crippen LogP contribution in [-0.4, -0.2) is 19.6 Å². The van der Waals surface area contributed by atoms with Gasteiger partial charge in [0.2, 0.25) is 0 Å². The number of hydrogen-bond donors (Lipinski definition) is 1. The second-order valence-corrected chi connectivity index (χ2v) is 5.18. The molecule has 0 aliphatic carbocycles. The van der Waals surface area contributed by atoms with Crippen LogP contribution in [0, 0.1) is 11.8 Å². The Kier molecular flexibility index (Phi) is 13.1. The van der Waals surface area contributed by atoms with E-state index in [4.69, 9.17) is 11.8 Å². The zero-order chi connectivity index (χ0) is 12.8. The van der Waals surface area contributed by atoms with Crippen LogP contribution in [-0.2, 0) is 0 Å². The number of hydrogen-bond acceptors (Lipinski definition) is 1. The predicted octanol–water partition coefficient (Wildman–Crippen LogP) is 2.90. The minimum atomic E-state index is 1.37. The van der Waals surface area contributed by atoms with Gasteiger partial charge in [-0.15, -0.1) is 0 Å². The molecule has 1 N–H and O–H groups in total. The van der Waals surface area contributed by atoms with Crippen LogP contribution in [0.3, 0.4) is 0 Å². The fraction of sp³-hybridized carbons (Fsp3) is 0.933. The first-order valence-corrected chi connectivity index (χ1v) is 7.49. The van der Waals surface area contributed by atoms with Crippen LogP contribution in [0.5, 0.6) is 0 Å². The van der Waals surface area contributed by atoms with E-state index < -0.39 is 0 Å². The van der Waals surface area contributed by atoms with Gasteiger partial charge in [-0.05, 0) is 32.1 Å². The summed E-state index contributed by atoms with van der Waals surface area (Å²) >= 11 is 0. The molecule has 0 radical (unpaired) electrons. The Bertz CT molecular complexity index is 160. The highest BCUT2D eigenvalue weighted by Gasteiger charge is 2.11. The Morgan fingerprint density at radius 2 is 1.35 bits per heavy atom. The quantitative estimate of drug-likeness (QED) is 0.511. The lowest BCUT2D eigenvalue weighted by Crippen LogP contribution is -3.12. The molecule has 1 saturated heterocycles. The molecule has 1 aliphatic rings. The Balaban J connectivity index is 0.00000121. The highest BCUT2D eigenvalue weighted by atomic mass is 15.1. The summed E-state index contributed by atoms with van der Waals surface area (Å²) in [7, 11) is 0. The second kappa shape index (κ2) is 13.5. The fourth-order valence-electron chi connectivity index (χ4n) is 2.63. The zero-order valence-corrected chi connectivity index (χ0v) is 11.6. The summed E-state index contributed by atoms with van der Waals surface area (Å²) < 4.78 is 0. The summed E-state index contributed by atoms with van der Waals surface area (Å²) in [5, 5.41) is 6.25. The number of rotatable bonds is 8. The van der Waals surface area contributed by atoms with E-state index >= 15 is 0 Å². The van der Waals surface area contributed by atoms with E-state index in [0.717, 1.165) is 0 Å². The number of unbranched alkanes of at least 4 members (excludes halogenated alkanes) is 6. The first kappa shape index (κ1) is 16.4. The zero-order valence-electron chi connectivity index (χ0n) is 11.6. The summed E-state index contributed by atoms with van der Waals surface area (Å²) in [4.78, 5) is 1.88. The number of likely N-dealkylation sites (tertiary alicyclic amines) is 1. The van der Waals surface area contributed by atoms with E-state index in [0.29, 0.717) is 0 Å². The van der Waals surface area contributed by atoms with Crippen molar-refractivity contribution in [2.45, 2.75) is 71.1 Å². The molecule has 2 nitrogen and oxygen atoms in total. The summed E-state index contributed by atoms with van der Waals surface area (Å²) in [5.41, 5.74) is 0. The van der Waals surface area contributed by atoms with Crippen molar-refractivity contribution in [3.05, 3.63) is 6.57 Å². The van der Waals surface area contributed by atoms with Crippen molar-refractivity contribution < 1.29 is 4.90 Å². The van der Waals surface area contributed by atoms with Gasteiger partial charge < -0.3 is 16.7 Å². The lowest BCUT2D eigenvalue weighted by atomic mass is 10.1. The van der Waals surface area contributed by atoms with Crippen LogP contribution in [0.25, 0.3) is 0 Å². The van der Waals surface area contributed by atoms with Crippen LogP contribution in [0.15, 0.2) is 0 Å². The van der Waals surface area contributed by atoms with Gasteiger partial charge in [0, 0.05) is 0 Å². The van der Waals surface area contributed by atoms with Crippen LogP contribution >= 0.6 is 0 Å². The summed E-state index contributed by atoms with van der Waals surface area (Å²) in [6.07, 6.45) is 14.6. The standard InChI is InChI=1S/C14H29N.CN/c1-2-3-4-5-6-7-9-12-15-13-10-8-11-14-15;1-2/h2-14H2,1H3;/q;-1/p+1. The fourth-order valence-corrected chi connectivity index (χ4v) is 2.63. The van der Waals surface area contributed by atoms with Gasteiger partial charge in [-0.3, -0.25) is 0 Å². The van der Waals surface area contributed by atoms with E-state index in [1.807, 2.05) is 4.90 Å². The van der Waals surface area contributed by atoms with E-state index in [-0.39, 0.29) is 0 Å². The molecule has 17 heavy (non-hydrogen) atoms. The molecular formula is C15H30N2. The molecule has 1 rings (SSSR count). The van der Waals surface area contributed by atoms with Crippen molar-refractivity contribution in [3.63, 3.8) is 0 Å². The highest BCUT2D eigenvalue weighted by molar-refractivity contribution is 4.48. The third-order valence-electron chi connectivity index (χ3n) is 3.69. The molecule has 100 valence electrons. The molecule has 2 heteroatoms. The van der Waals surface area contributed by atoms with E-state index in [1.165, 1.54) is 83.8 Å². The van der Waals surface area contributed by atoms with E-state index in [2.05, 4.69) is 6.92 Å². The number of quaternary nitrogens is 1. The van der Waals surface area contributed by atoms with E-state index in [1.54, 1.807) is 0 Å². The van der Waals surface area contributed by atoms with Crippen LogP contribution < -0.4 is 4.90 Å². The van der Waals surface area contributed by atoms with Crippen molar-refractivity contribution in [3.8, 4) is 0 Å². The average Bonchev–Trinajstić information content (AvgIpc) is 2.41. The molecule has 0 aromatic carbocycles. The molecule has 0 atom stereocenters. The molecule has 1 aliphatic heterocycles. The highest BCUT2D eigenvalue weighted by Crippen LogP contribution is 2.06. The summed E-state index contributed by atoms with van der Waals surface area (Å²) in [6.45, 7) is 11.4. The number of nitrogens with one attached hydrogen (secondary N) is 1. The molecule has 0 amide bonds. The Morgan fingerprint density at radius 1 is 0.824 bits per heavy atom. The van der Waals surface area contributed by atoms with Crippen molar-refractivity contribution in [2.24, 2.45) is 0 Å². The maximum Gasteiger partial charge on any atom is 0.0770 e. The van der Waals surface area contributed by atoms with Crippen molar-refractivity contribution in [1.82, 2.24) is 0 Å². The topological polar surface area (TPSA) is 28.2 Å². The molecule has 0 spiro atoms. The van der Waals surface area contributed by atoms with Crippen molar-refractivity contribution in [1.29, 1.82) is 5.26 Å². The normalized spacial score (nSPS) is 16.2. The van der Waals surface area contributed by atoms with Crippen LogP contribution in [0.4, 0.5) is 0 Å². The van der Waals surface area contributed by atoms with Gasteiger partial charge >= 0.3 is 0 Å². The Labute approximate surface area is 108 Å². The largest absolute Gasteiger partial charge is 0.512 e. The molecule has 0 aromatic heterocycles. The first-order chi connectivity index (χ1) is 8.43. The Morgan fingerprint density at radius 3 is 1.94 bits per heavy atom. The van der Waals surface area contributed by atoms with Gasteiger partial charge in [0.05, 0.1) is 19.6 Å². The third kappa shape index (κ3) is 10.3. The Hall–Kier alpha value is -0.550. The lowest BCUT2D eigenvalue weighted by molar-refractivity contribution is -0.905. The summed E-state index contributed by atoms with van der Waals surface area (Å²) in [5.74, 6) is 0. The minimum absolute atomic E-state index is 1.37. The SMILES string of the molecule is CCCCCCCCC[NH+]1CCCCC1.[C-]#N. The third-order valence-corrected chi connectivity index (χ3v) is 3.69. The molecule has 0 unspecified atom stereocenters. The smallest absolute Gasteiger partial charge is 0.0770 e. The monoisotopic (exact) mass is 238 g/mol. The van der Waals surface area contributed by atoms with Crippen molar-refractivity contribution in [2.75, 3.05) is 19.6 Å². The second-order valence-electron chi connectivity index (χ2n) is 5.18. The molecular weight excluding hydrogens is 208 g/mol.